The van der Waals surface area contributed by atoms with Gasteiger partial charge in [0, 0.05) is 17.2 Å². The Morgan fingerprint density at radius 2 is 1.94 bits per heavy atom. The summed E-state index contributed by atoms with van der Waals surface area (Å²) in [6.45, 7) is 0. The zero-order valence-electron chi connectivity index (χ0n) is 16.5. The Morgan fingerprint density at radius 3 is 2.58 bits per heavy atom. The predicted molar refractivity (Wildman–Crippen MR) is 112 cm³/mol. The maximum atomic E-state index is 12.4. The third kappa shape index (κ3) is 4.90. The number of carbonyl (C=O) groups is 1. The molecule has 0 unspecified atom stereocenters. The molecule has 0 aliphatic heterocycles. The molecule has 158 valence electrons. The molecule has 3 rings (SSSR count). The molecule has 0 atom stereocenters. The summed E-state index contributed by atoms with van der Waals surface area (Å²) < 4.78 is 10.1. The molecule has 2 N–H and O–H groups in total. The fourth-order valence-electron chi connectivity index (χ4n) is 2.74. The molecule has 0 aliphatic rings. The summed E-state index contributed by atoms with van der Waals surface area (Å²) in [5.74, 6) is -0.588. The minimum absolute atomic E-state index is 0.0310. The number of methoxy groups -OCH3 is 2. The largest absolute Gasteiger partial charge is 0.493 e. The Bertz CT molecular complexity index is 1210. The van der Waals surface area contributed by atoms with Crippen LogP contribution in [0.5, 0.6) is 11.5 Å². The molecule has 0 fully saturated rings. The van der Waals surface area contributed by atoms with Crippen LogP contribution in [-0.2, 0) is 0 Å². The van der Waals surface area contributed by atoms with E-state index in [2.05, 4.69) is 20.5 Å². The van der Waals surface area contributed by atoms with Crippen LogP contribution >= 0.6 is 0 Å². The van der Waals surface area contributed by atoms with Gasteiger partial charge >= 0.3 is 11.4 Å². The van der Waals surface area contributed by atoms with E-state index < -0.39 is 16.5 Å². The average molecular weight is 423 g/mol. The molecule has 0 radical (unpaired) electrons. The Morgan fingerprint density at radius 1 is 1.19 bits per heavy atom. The molecule has 0 bridgehead atoms. The number of H-pyrrole nitrogens is 1. The second-order valence-corrected chi connectivity index (χ2v) is 6.08. The number of aromatic nitrogens is 2. The fraction of sp³-hybridized carbons (Fsp3) is 0.100. The van der Waals surface area contributed by atoms with Crippen molar-refractivity contribution < 1.29 is 19.2 Å². The summed E-state index contributed by atoms with van der Waals surface area (Å²) in [5.41, 5.74) is 2.49. The lowest BCUT2D eigenvalue weighted by atomic mass is 10.1. The van der Waals surface area contributed by atoms with E-state index in [4.69, 9.17) is 9.47 Å². The molecule has 0 spiro atoms. The van der Waals surface area contributed by atoms with Gasteiger partial charge in [0.25, 0.3) is 5.91 Å². The molecular formula is C20H17N5O6. The highest BCUT2D eigenvalue weighted by molar-refractivity contribution is 5.94. The van der Waals surface area contributed by atoms with E-state index in [1.54, 1.807) is 24.3 Å². The van der Waals surface area contributed by atoms with E-state index in [0.717, 1.165) is 0 Å². The van der Waals surface area contributed by atoms with Gasteiger partial charge in [0.15, 0.2) is 5.75 Å². The number of carbonyl (C=O) groups excluding carboxylic acids is 1. The van der Waals surface area contributed by atoms with Crippen molar-refractivity contribution in [2.24, 2.45) is 5.10 Å². The second kappa shape index (κ2) is 9.31. The van der Waals surface area contributed by atoms with Crippen molar-refractivity contribution in [1.82, 2.24) is 15.4 Å². The first-order chi connectivity index (χ1) is 14.9. The number of hydrogen-bond acceptors (Lipinski definition) is 8. The molecule has 0 aliphatic carbocycles. The number of nitro groups is 1. The first-order valence-corrected chi connectivity index (χ1v) is 8.83. The number of nitrogens with zero attached hydrogens (tertiary/aromatic N) is 3. The van der Waals surface area contributed by atoms with Crippen LogP contribution in [0.2, 0.25) is 0 Å². The summed E-state index contributed by atoms with van der Waals surface area (Å²) in [7, 11) is 2.63. The van der Waals surface area contributed by atoms with Crippen molar-refractivity contribution >= 4 is 17.8 Å². The molecule has 11 heteroatoms. The summed E-state index contributed by atoms with van der Waals surface area (Å²) in [5, 5.41) is 15.1. The molecule has 1 aromatic heterocycles. The Balaban J connectivity index is 1.83. The number of ether oxygens (including phenoxy) is 2. The zero-order chi connectivity index (χ0) is 22.4. The summed E-state index contributed by atoms with van der Waals surface area (Å²) >= 11 is 0. The van der Waals surface area contributed by atoms with Crippen molar-refractivity contribution in [3.8, 4) is 22.8 Å². The zero-order valence-corrected chi connectivity index (χ0v) is 16.5. The van der Waals surface area contributed by atoms with E-state index in [-0.39, 0.29) is 28.4 Å². The van der Waals surface area contributed by atoms with Gasteiger partial charge in [0.2, 0.25) is 5.75 Å². The van der Waals surface area contributed by atoms with Gasteiger partial charge < -0.3 is 14.5 Å². The summed E-state index contributed by atoms with van der Waals surface area (Å²) in [4.78, 5) is 41.1. The molecular weight excluding hydrogens is 406 g/mol. The maximum absolute atomic E-state index is 12.4. The van der Waals surface area contributed by atoms with Crippen LogP contribution in [0.3, 0.4) is 0 Å². The number of hydrazone groups is 1. The smallest absolute Gasteiger partial charge is 0.346 e. The first-order valence-electron chi connectivity index (χ1n) is 8.83. The molecule has 0 saturated carbocycles. The highest BCUT2D eigenvalue weighted by Crippen LogP contribution is 2.37. The highest BCUT2D eigenvalue weighted by Gasteiger charge is 2.21. The number of amides is 1. The first kappa shape index (κ1) is 21.2. The molecule has 3 aromatic rings. The summed E-state index contributed by atoms with van der Waals surface area (Å²) in [6.07, 6.45) is 1.20. The van der Waals surface area contributed by atoms with Gasteiger partial charge in [-0.05, 0) is 12.1 Å². The van der Waals surface area contributed by atoms with Crippen molar-refractivity contribution in [2.45, 2.75) is 0 Å². The quantitative estimate of drug-likeness (QED) is 0.336. The van der Waals surface area contributed by atoms with Crippen LogP contribution in [0.25, 0.3) is 11.3 Å². The van der Waals surface area contributed by atoms with Gasteiger partial charge in [0.1, 0.15) is 5.69 Å². The van der Waals surface area contributed by atoms with Gasteiger partial charge in [-0.1, -0.05) is 30.3 Å². The van der Waals surface area contributed by atoms with Crippen molar-refractivity contribution in [3.05, 3.63) is 80.4 Å². The third-order valence-corrected chi connectivity index (χ3v) is 4.12. The van der Waals surface area contributed by atoms with E-state index in [9.17, 15) is 19.7 Å². The van der Waals surface area contributed by atoms with Gasteiger partial charge in [-0.3, -0.25) is 14.9 Å². The Hall–Kier alpha value is -4.54. The fourth-order valence-corrected chi connectivity index (χ4v) is 2.74. The number of hydrogen-bond donors (Lipinski definition) is 2. The van der Waals surface area contributed by atoms with Crippen LogP contribution in [0.15, 0.2) is 58.4 Å². The molecule has 1 heterocycles. The Labute approximate surface area is 175 Å². The number of nitro benzene ring substituents is 1. The second-order valence-electron chi connectivity index (χ2n) is 6.08. The number of nitrogens with one attached hydrogen (secondary N) is 2. The highest BCUT2D eigenvalue weighted by atomic mass is 16.6. The normalized spacial score (nSPS) is 10.6. The summed E-state index contributed by atoms with van der Waals surface area (Å²) in [6, 6.07) is 13.0. The van der Waals surface area contributed by atoms with Gasteiger partial charge in [-0.15, -0.1) is 0 Å². The SMILES string of the molecule is COc1cc(/C=N/NC(=O)c2cc(-c3ccccc3)nc(=O)[nH]2)cc([N+](=O)[O-])c1OC. The van der Waals surface area contributed by atoms with Crippen LogP contribution < -0.4 is 20.6 Å². The minimum Gasteiger partial charge on any atom is -0.493 e. The van der Waals surface area contributed by atoms with Gasteiger partial charge in [0.05, 0.1) is 31.1 Å². The third-order valence-electron chi connectivity index (χ3n) is 4.12. The Kier molecular flexibility index (Phi) is 6.36. The van der Waals surface area contributed by atoms with Crippen molar-refractivity contribution in [1.29, 1.82) is 0 Å². The van der Waals surface area contributed by atoms with E-state index in [1.807, 2.05) is 6.07 Å². The lowest BCUT2D eigenvalue weighted by Gasteiger charge is -2.08. The van der Waals surface area contributed by atoms with Crippen LogP contribution in [-0.4, -0.2) is 41.2 Å². The molecule has 31 heavy (non-hydrogen) atoms. The molecule has 2 aromatic carbocycles. The van der Waals surface area contributed by atoms with Crippen molar-refractivity contribution in [2.75, 3.05) is 14.2 Å². The van der Waals surface area contributed by atoms with Gasteiger partial charge in [-0.2, -0.15) is 10.1 Å². The van der Waals surface area contributed by atoms with Gasteiger partial charge in [-0.25, -0.2) is 10.2 Å². The number of aromatic amines is 1. The van der Waals surface area contributed by atoms with Crippen LogP contribution in [0.4, 0.5) is 5.69 Å². The van der Waals surface area contributed by atoms with E-state index in [1.165, 1.54) is 38.6 Å². The minimum atomic E-state index is -0.692. The standard InChI is InChI=1S/C20H17N5O6/c1-30-17-9-12(8-16(25(28)29)18(17)31-2)11-21-24-19(26)15-10-14(22-20(27)23-15)13-6-4-3-5-7-13/h3-11H,1-2H3,(H,24,26)(H,22,23,27)/b21-11+. The topological polar surface area (TPSA) is 149 Å². The molecule has 11 nitrogen and oxygen atoms in total. The molecule has 1 amide bonds. The van der Waals surface area contributed by atoms with E-state index in [0.29, 0.717) is 11.3 Å². The predicted octanol–water partition coefficient (Wildman–Crippen LogP) is 2.13. The lowest BCUT2D eigenvalue weighted by molar-refractivity contribution is -0.385. The van der Waals surface area contributed by atoms with Crippen LogP contribution in [0.1, 0.15) is 16.1 Å². The number of rotatable bonds is 7. The van der Waals surface area contributed by atoms with E-state index >= 15 is 0 Å². The number of benzene rings is 2. The average Bonchev–Trinajstić information content (AvgIpc) is 2.78. The van der Waals surface area contributed by atoms with Crippen molar-refractivity contribution in [3.63, 3.8) is 0 Å². The molecule has 0 saturated heterocycles. The maximum Gasteiger partial charge on any atom is 0.346 e. The lowest BCUT2D eigenvalue weighted by Crippen LogP contribution is -2.24. The monoisotopic (exact) mass is 423 g/mol. The van der Waals surface area contributed by atoms with Crippen LogP contribution in [0, 0.1) is 10.1 Å².